The summed E-state index contributed by atoms with van der Waals surface area (Å²) < 4.78 is -0.549. The molecule has 18 heavy (non-hydrogen) atoms. The number of alkyl halides is 2. The van der Waals surface area contributed by atoms with E-state index >= 15 is 0 Å². The van der Waals surface area contributed by atoms with Crippen LogP contribution < -0.4 is 16.4 Å². The van der Waals surface area contributed by atoms with Crippen molar-refractivity contribution in [1.29, 1.82) is 0 Å². The van der Waals surface area contributed by atoms with Crippen molar-refractivity contribution in [1.82, 2.24) is 16.4 Å². The summed E-state index contributed by atoms with van der Waals surface area (Å²) in [6.07, 6.45) is 0.871. The first-order chi connectivity index (χ1) is 8.67. The number of thioether (sulfide) groups is 1. The van der Waals surface area contributed by atoms with Gasteiger partial charge in [0.25, 0.3) is 0 Å². The summed E-state index contributed by atoms with van der Waals surface area (Å²) in [6.45, 7) is 0.887. The normalized spacial score (nSPS) is 31.2. The van der Waals surface area contributed by atoms with Crippen molar-refractivity contribution in [3.05, 3.63) is 35.9 Å². The van der Waals surface area contributed by atoms with E-state index in [0.717, 1.165) is 13.0 Å². The fraction of sp³-hybridized carbons (Fsp3) is 0.500. The Labute approximate surface area is 121 Å². The van der Waals surface area contributed by atoms with Crippen LogP contribution in [0.5, 0.6) is 0 Å². The lowest BCUT2D eigenvalue weighted by Crippen LogP contribution is -2.32. The Morgan fingerprint density at radius 1 is 1.28 bits per heavy atom. The molecule has 0 aromatic heterocycles. The predicted octanol–water partition coefficient (Wildman–Crippen LogP) is 2.59. The van der Waals surface area contributed by atoms with Gasteiger partial charge in [-0.1, -0.05) is 30.3 Å². The first-order valence-corrected chi connectivity index (χ1v) is 7.68. The minimum absolute atomic E-state index is 0.329. The third kappa shape index (κ3) is 2.79. The molecule has 3 N–H and O–H groups in total. The molecule has 1 heterocycles. The summed E-state index contributed by atoms with van der Waals surface area (Å²) in [5.74, 6) is 0.329. The van der Waals surface area contributed by atoms with Crippen molar-refractivity contribution in [2.75, 3.05) is 6.54 Å². The van der Waals surface area contributed by atoms with Crippen molar-refractivity contribution in [3.8, 4) is 0 Å². The van der Waals surface area contributed by atoms with Gasteiger partial charge in [0.1, 0.15) is 4.33 Å². The molecule has 1 saturated heterocycles. The van der Waals surface area contributed by atoms with Crippen LogP contribution in [0.1, 0.15) is 17.2 Å². The highest BCUT2D eigenvalue weighted by Gasteiger charge is 2.56. The van der Waals surface area contributed by atoms with Crippen LogP contribution in [0.2, 0.25) is 0 Å². The van der Waals surface area contributed by atoms with Crippen molar-refractivity contribution in [2.24, 2.45) is 5.92 Å². The van der Waals surface area contributed by atoms with Gasteiger partial charge < -0.3 is 0 Å². The summed E-state index contributed by atoms with van der Waals surface area (Å²) in [5.41, 5.74) is 10.5. The first kappa shape index (κ1) is 13.0. The fourth-order valence-corrected chi connectivity index (χ4v) is 4.42. The maximum atomic E-state index is 6.24. The van der Waals surface area contributed by atoms with E-state index in [4.69, 9.17) is 23.2 Å². The predicted molar refractivity (Wildman–Crippen MR) is 77.4 cm³/mol. The van der Waals surface area contributed by atoms with Gasteiger partial charge in [-0.05, 0) is 12.0 Å². The maximum Gasteiger partial charge on any atom is 0.123 e. The second kappa shape index (κ2) is 5.19. The molecule has 0 amide bonds. The van der Waals surface area contributed by atoms with E-state index in [2.05, 4.69) is 40.7 Å². The van der Waals surface area contributed by atoms with Gasteiger partial charge in [0.05, 0.1) is 5.37 Å². The lowest BCUT2D eigenvalue weighted by Gasteiger charge is -2.20. The lowest BCUT2D eigenvalue weighted by molar-refractivity contribution is 0.586. The second-order valence-corrected chi connectivity index (χ2v) is 7.57. The van der Waals surface area contributed by atoms with Crippen LogP contribution in [-0.2, 0) is 0 Å². The van der Waals surface area contributed by atoms with Gasteiger partial charge in [-0.2, -0.15) is 5.53 Å². The van der Waals surface area contributed by atoms with Gasteiger partial charge in [-0.3, -0.25) is 0 Å². The standard InChI is InChI=1S/C12H15Cl2N3S/c13-12(14)6-9(12)11(8-4-2-1-3-5-8)18-10-7-15-17-16-10/h1-5,9-11,15-17H,6-7H2. The molecule has 0 radical (unpaired) electrons. The van der Waals surface area contributed by atoms with Gasteiger partial charge in [-0.25, -0.2) is 10.9 Å². The molecule has 1 aromatic carbocycles. The maximum absolute atomic E-state index is 6.24. The minimum atomic E-state index is -0.549. The highest BCUT2D eigenvalue weighted by atomic mass is 35.5. The largest absolute Gasteiger partial charge is 0.242 e. The summed E-state index contributed by atoms with van der Waals surface area (Å²) in [4.78, 5) is 0. The number of hydrogen-bond acceptors (Lipinski definition) is 4. The molecule has 1 saturated carbocycles. The molecule has 0 spiro atoms. The van der Waals surface area contributed by atoms with E-state index in [1.165, 1.54) is 5.56 Å². The molecule has 1 aliphatic carbocycles. The number of hydrogen-bond donors (Lipinski definition) is 3. The van der Waals surface area contributed by atoms with Gasteiger partial charge in [0.2, 0.25) is 0 Å². The Balaban J connectivity index is 1.76. The van der Waals surface area contributed by atoms with Crippen LogP contribution >= 0.6 is 35.0 Å². The Bertz CT molecular complexity index is 409. The monoisotopic (exact) mass is 303 g/mol. The zero-order valence-corrected chi connectivity index (χ0v) is 12.0. The molecular formula is C12H15Cl2N3S. The number of rotatable bonds is 4. The lowest BCUT2D eigenvalue weighted by atomic mass is 10.1. The molecule has 2 fully saturated rings. The quantitative estimate of drug-likeness (QED) is 0.747. The van der Waals surface area contributed by atoms with Crippen molar-refractivity contribution in [2.45, 2.75) is 21.4 Å². The van der Waals surface area contributed by atoms with Crippen molar-refractivity contribution in [3.63, 3.8) is 0 Å². The van der Waals surface area contributed by atoms with Crippen LogP contribution in [0, 0.1) is 5.92 Å². The zero-order valence-electron chi connectivity index (χ0n) is 9.70. The Morgan fingerprint density at radius 3 is 2.56 bits per heavy atom. The molecule has 3 rings (SSSR count). The third-order valence-corrected chi connectivity index (χ3v) is 5.66. The van der Waals surface area contributed by atoms with E-state index in [0.29, 0.717) is 16.5 Å². The Hall–Kier alpha value is 0.0300. The molecule has 0 bridgehead atoms. The molecule has 3 nitrogen and oxygen atoms in total. The highest BCUT2D eigenvalue weighted by molar-refractivity contribution is 8.00. The smallest absolute Gasteiger partial charge is 0.123 e. The molecule has 1 aromatic rings. The van der Waals surface area contributed by atoms with Gasteiger partial charge >= 0.3 is 0 Å². The van der Waals surface area contributed by atoms with Gasteiger partial charge in [0.15, 0.2) is 0 Å². The number of nitrogens with one attached hydrogen (secondary N) is 3. The number of halogens is 2. The van der Waals surface area contributed by atoms with Crippen LogP contribution in [0.15, 0.2) is 30.3 Å². The van der Waals surface area contributed by atoms with Crippen molar-refractivity contribution < 1.29 is 0 Å². The molecule has 1 aliphatic heterocycles. The third-order valence-electron chi connectivity index (χ3n) is 3.29. The average Bonchev–Trinajstić information content (AvgIpc) is 2.80. The van der Waals surface area contributed by atoms with E-state index < -0.39 is 4.33 Å². The van der Waals surface area contributed by atoms with E-state index in [9.17, 15) is 0 Å². The molecule has 3 unspecified atom stereocenters. The van der Waals surface area contributed by atoms with E-state index in [1.54, 1.807) is 0 Å². The molecular weight excluding hydrogens is 289 g/mol. The summed E-state index contributed by atoms with van der Waals surface area (Å²) in [7, 11) is 0. The van der Waals surface area contributed by atoms with Crippen LogP contribution in [0.25, 0.3) is 0 Å². The van der Waals surface area contributed by atoms with Crippen LogP contribution in [0.4, 0.5) is 0 Å². The Morgan fingerprint density at radius 2 is 2.00 bits per heavy atom. The summed E-state index contributed by atoms with van der Waals surface area (Å²) >= 11 is 14.3. The number of hydrazine groups is 2. The topological polar surface area (TPSA) is 36.1 Å². The molecule has 3 atom stereocenters. The van der Waals surface area contributed by atoms with Gasteiger partial charge in [-0.15, -0.1) is 35.0 Å². The Kier molecular flexibility index (Phi) is 3.76. The van der Waals surface area contributed by atoms with Crippen molar-refractivity contribution >= 4 is 35.0 Å². The molecule has 98 valence electrons. The van der Waals surface area contributed by atoms with Gasteiger partial charge in [0, 0.05) is 17.7 Å². The SMILES string of the molecule is ClC1(Cl)CC1C(SC1CNNN1)c1ccccc1. The van der Waals surface area contributed by atoms with E-state index in [-0.39, 0.29) is 0 Å². The minimum Gasteiger partial charge on any atom is -0.242 e. The van der Waals surface area contributed by atoms with Crippen LogP contribution in [0.3, 0.4) is 0 Å². The molecule has 2 aliphatic rings. The fourth-order valence-electron chi connectivity index (χ4n) is 2.20. The summed E-state index contributed by atoms with van der Waals surface area (Å²) in [5, 5.41) is 0.667. The molecule has 6 heteroatoms. The van der Waals surface area contributed by atoms with E-state index in [1.807, 2.05) is 17.8 Å². The average molecular weight is 304 g/mol. The number of benzene rings is 1. The second-order valence-electron chi connectivity index (χ2n) is 4.68. The highest BCUT2D eigenvalue weighted by Crippen LogP contribution is 2.62. The first-order valence-electron chi connectivity index (χ1n) is 5.98. The van der Waals surface area contributed by atoms with Crippen LogP contribution in [-0.4, -0.2) is 16.3 Å². The zero-order chi connectivity index (χ0) is 12.6. The summed E-state index contributed by atoms with van der Waals surface area (Å²) in [6, 6.07) is 10.5.